The van der Waals surface area contributed by atoms with Gasteiger partial charge < -0.3 is 16.0 Å². The van der Waals surface area contributed by atoms with E-state index in [4.69, 9.17) is 17.3 Å². The fraction of sp³-hybridized carbons (Fsp3) is 0.208. The zero-order valence-electron chi connectivity index (χ0n) is 17.0. The number of aromatic nitrogens is 4. The van der Waals surface area contributed by atoms with E-state index in [1.165, 1.54) is 0 Å². The zero-order valence-corrected chi connectivity index (χ0v) is 17.8. The van der Waals surface area contributed by atoms with Crippen LogP contribution in [0, 0.1) is 0 Å². The first-order valence-electron chi connectivity index (χ1n) is 10.3. The van der Waals surface area contributed by atoms with Gasteiger partial charge in [0.2, 0.25) is 0 Å². The first kappa shape index (κ1) is 19.7. The van der Waals surface area contributed by atoms with Crippen LogP contribution in [-0.4, -0.2) is 19.9 Å². The van der Waals surface area contributed by atoms with E-state index in [9.17, 15) is 0 Å². The Labute approximate surface area is 185 Å². The summed E-state index contributed by atoms with van der Waals surface area (Å²) in [6.45, 7) is 5.32. The summed E-state index contributed by atoms with van der Waals surface area (Å²) in [7, 11) is 0. The normalized spacial score (nSPS) is 14.5. The minimum Gasteiger partial charge on any atom is -0.382 e. The molecule has 0 unspecified atom stereocenters. The van der Waals surface area contributed by atoms with E-state index >= 15 is 0 Å². The number of allylic oxidation sites excluding steroid dienone is 1. The van der Waals surface area contributed by atoms with Gasteiger partial charge in [0, 0.05) is 40.6 Å². The number of benzene rings is 1. The number of nitrogens with zero attached hydrogens (tertiary/aromatic N) is 3. The molecule has 6 nitrogen and oxygen atoms in total. The van der Waals surface area contributed by atoms with Crippen molar-refractivity contribution in [3.05, 3.63) is 89.4 Å². The number of halogens is 1. The van der Waals surface area contributed by atoms with Crippen LogP contribution in [0.5, 0.6) is 0 Å². The molecule has 1 saturated carbocycles. The molecule has 0 saturated heterocycles. The van der Waals surface area contributed by atoms with Crippen LogP contribution in [0.3, 0.4) is 0 Å². The second kappa shape index (κ2) is 7.80. The molecule has 0 spiro atoms. The number of hydrogen-bond donors (Lipinski definition) is 3. The molecule has 7 heteroatoms. The maximum atomic E-state index is 6.54. The standard InChI is InChI=1S/C24H23ClN6/c1-15(24(5-6-24)23-4-2-3-7-27-23)28-12-17-8-16-9-20(25)19(10-21(16)31-17)22-14-29-18(11-26)13-30-22/h2-4,7-10,13-14,28,31H,1,5-6,11-12,26H2. The molecule has 31 heavy (non-hydrogen) atoms. The van der Waals surface area contributed by atoms with Gasteiger partial charge >= 0.3 is 0 Å². The van der Waals surface area contributed by atoms with Crippen LogP contribution in [0.2, 0.25) is 5.02 Å². The van der Waals surface area contributed by atoms with Crippen LogP contribution in [0.1, 0.15) is 29.9 Å². The fourth-order valence-corrected chi connectivity index (χ4v) is 4.23. The molecule has 1 aliphatic carbocycles. The third kappa shape index (κ3) is 3.69. The molecular formula is C24H23ClN6. The van der Waals surface area contributed by atoms with E-state index in [0.717, 1.165) is 57.8 Å². The van der Waals surface area contributed by atoms with Crippen molar-refractivity contribution in [1.82, 2.24) is 25.3 Å². The van der Waals surface area contributed by atoms with Crippen LogP contribution in [0.25, 0.3) is 22.2 Å². The van der Waals surface area contributed by atoms with Gasteiger partial charge in [-0.25, -0.2) is 0 Å². The quantitative estimate of drug-likeness (QED) is 0.402. The van der Waals surface area contributed by atoms with Crippen molar-refractivity contribution in [3.63, 3.8) is 0 Å². The predicted octanol–water partition coefficient (Wildman–Crippen LogP) is 4.47. The second-order valence-corrected chi connectivity index (χ2v) is 8.35. The number of hydrogen-bond acceptors (Lipinski definition) is 5. The topological polar surface area (TPSA) is 92.5 Å². The van der Waals surface area contributed by atoms with Crippen molar-refractivity contribution < 1.29 is 0 Å². The number of rotatable bonds is 7. The molecule has 3 aromatic heterocycles. The highest BCUT2D eigenvalue weighted by atomic mass is 35.5. The van der Waals surface area contributed by atoms with Crippen LogP contribution >= 0.6 is 11.6 Å². The highest BCUT2D eigenvalue weighted by Crippen LogP contribution is 2.51. The molecule has 0 amide bonds. The van der Waals surface area contributed by atoms with E-state index in [0.29, 0.717) is 18.1 Å². The Bertz CT molecular complexity index is 1240. The molecule has 5 rings (SSSR count). The lowest BCUT2D eigenvalue weighted by molar-refractivity contribution is 0.661. The Kier molecular flexibility index (Phi) is 4.96. The molecule has 156 valence electrons. The zero-order chi connectivity index (χ0) is 21.4. The molecule has 4 N–H and O–H groups in total. The monoisotopic (exact) mass is 430 g/mol. The van der Waals surface area contributed by atoms with Crippen LogP contribution in [0.15, 0.2) is 67.3 Å². The average molecular weight is 431 g/mol. The summed E-state index contributed by atoms with van der Waals surface area (Å²) in [5.74, 6) is 0. The number of pyridine rings is 1. The van der Waals surface area contributed by atoms with Crippen molar-refractivity contribution in [2.45, 2.75) is 31.3 Å². The Hall–Kier alpha value is -3.22. The van der Waals surface area contributed by atoms with Crippen molar-refractivity contribution in [3.8, 4) is 11.3 Å². The first-order valence-corrected chi connectivity index (χ1v) is 10.6. The van der Waals surface area contributed by atoms with E-state index in [1.54, 1.807) is 12.4 Å². The molecule has 4 aromatic rings. The molecule has 1 aromatic carbocycles. The second-order valence-electron chi connectivity index (χ2n) is 7.94. The van der Waals surface area contributed by atoms with E-state index < -0.39 is 0 Å². The van der Waals surface area contributed by atoms with Gasteiger partial charge in [-0.05, 0) is 43.2 Å². The number of nitrogens with one attached hydrogen (secondary N) is 2. The summed E-state index contributed by atoms with van der Waals surface area (Å²) in [5, 5.41) is 5.19. The highest BCUT2D eigenvalue weighted by Gasteiger charge is 2.48. The minimum atomic E-state index is -0.0435. The summed E-state index contributed by atoms with van der Waals surface area (Å²) in [6.07, 6.45) is 7.38. The largest absolute Gasteiger partial charge is 0.382 e. The van der Waals surface area contributed by atoms with Crippen LogP contribution in [0.4, 0.5) is 0 Å². The van der Waals surface area contributed by atoms with Gasteiger partial charge in [0.05, 0.1) is 46.5 Å². The molecular weight excluding hydrogens is 408 g/mol. The van der Waals surface area contributed by atoms with Crippen molar-refractivity contribution in [2.24, 2.45) is 5.73 Å². The molecule has 0 atom stereocenters. The van der Waals surface area contributed by atoms with Gasteiger partial charge in [0.15, 0.2) is 0 Å². The van der Waals surface area contributed by atoms with Crippen LogP contribution < -0.4 is 11.1 Å². The highest BCUT2D eigenvalue weighted by molar-refractivity contribution is 6.34. The van der Waals surface area contributed by atoms with Crippen molar-refractivity contribution in [1.29, 1.82) is 0 Å². The Morgan fingerprint density at radius 2 is 2.03 bits per heavy atom. The van der Waals surface area contributed by atoms with E-state index in [1.807, 2.05) is 30.5 Å². The first-order chi connectivity index (χ1) is 15.1. The summed E-state index contributed by atoms with van der Waals surface area (Å²) in [5.41, 5.74) is 12.0. The lowest BCUT2D eigenvalue weighted by Gasteiger charge is -2.19. The van der Waals surface area contributed by atoms with Crippen molar-refractivity contribution >= 4 is 22.5 Å². The lowest BCUT2D eigenvalue weighted by atomic mass is 9.98. The lowest BCUT2D eigenvalue weighted by Crippen LogP contribution is -2.24. The fourth-order valence-electron chi connectivity index (χ4n) is 3.96. The van der Waals surface area contributed by atoms with E-state index in [-0.39, 0.29) is 5.41 Å². The molecule has 3 heterocycles. The van der Waals surface area contributed by atoms with Gasteiger partial charge in [0.25, 0.3) is 0 Å². The van der Waals surface area contributed by atoms with E-state index in [2.05, 4.69) is 44.0 Å². The summed E-state index contributed by atoms with van der Waals surface area (Å²) >= 11 is 6.54. The Balaban J connectivity index is 1.35. The van der Waals surface area contributed by atoms with Gasteiger partial charge in [-0.15, -0.1) is 0 Å². The van der Waals surface area contributed by atoms with Gasteiger partial charge in [0.1, 0.15) is 0 Å². The minimum absolute atomic E-state index is 0.0435. The Morgan fingerprint density at radius 1 is 1.16 bits per heavy atom. The van der Waals surface area contributed by atoms with Gasteiger partial charge in [-0.1, -0.05) is 24.2 Å². The van der Waals surface area contributed by atoms with Crippen LogP contribution in [-0.2, 0) is 18.5 Å². The molecule has 0 radical (unpaired) electrons. The third-order valence-electron chi connectivity index (χ3n) is 5.93. The number of H-pyrrole nitrogens is 1. The Morgan fingerprint density at radius 3 is 2.71 bits per heavy atom. The van der Waals surface area contributed by atoms with Gasteiger partial charge in [-0.3, -0.25) is 15.0 Å². The average Bonchev–Trinajstić information content (AvgIpc) is 3.53. The number of nitrogens with two attached hydrogens (primary N) is 1. The maximum Gasteiger partial charge on any atom is 0.0901 e. The predicted molar refractivity (Wildman–Crippen MR) is 123 cm³/mol. The SMILES string of the molecule is C=C(NCc1cc2cc(Cl)c(-c3cnc(CN)cn3)cc2[nH]1)C1(c2ccccn2)CC1. The molecule has 0 aliphatic heterocycles. The molecule has 0 bridgehead atoms. The third-order valence-corrected chi connectivity index (χ3v) is 6.24. The smallest absolute Gasteiger partial charge is 0.0901 e. The van der Waals surface area contributed by atoms with Crippen molar-refractivity contribution in [2.75, 3.05) is 0 Å². The number of aromatic amines is 1. The van der Waals surface area contributed by atoms with Gasteiger partial charge in [-0.2, -0.15) is 0 Å². The maximum absolute atomic E-state index is 6.54. The summed E-state index contributed by atoms with van der Waals surface area (Å²) in [4.78, 5) is 16.8. The summed E-state index contributed by atoms with van der Waals surface area (Å²) < 4.78 is 0. The molecule has 1 fully saturated rings. The summed E-state index contributed by atoms with van der Waals surface area (Å²) in [6, 6.07) is 12.1. The molecule has 1 aliphatic rings. The number of fused-ring (bicyclic) bond motifs is 1.